The van der Waals surface area contributed by atoms with Crippen molar-refractivity contribution in [3.8, 4) is 11.1 Å². The van der Waals surface area contributed by atoms with Gasteiger partial charge in [-0.05, 0) is 96.1 Å². The number of thioether (sulfide) groups is 1. The molecule has 0 bridgehead atoms. The van der Waals surface area contributed by atoms with Crippen molar-refractivity contribution in [3.05, 3.63) is 125 Å². The predicted octanol–water partition coefficient (Wildman–Crippen LogP) is 2.25. The number of para-hydroxylation sites is 1. The van der Waals surface area contributed by atoms with Gasteiger partial charge in [-0.1, -0.05) is 48.5 Å². The first kappa shape index (κ1) is 32.7. The number of anilines is 1. The third-order valence-corrected chi connectivity index (χ3v) is 7.35. The van der Waals surface area contributed by atoms with Gasteiger partial charge in [0.25, 0.3) is 11.8 Å². The second-order valence-electron chi connectivity index (χ2n) is 9.56. The molecule has 4 aromatic rings. The Balaban J connectivity index is 0.00000484. The summed E-state index contributed by atoms with van der Waals surface area (Å²) in [7, 11) is 0. The van der Waals surface area contributed by atoms with Crippen LogP contribution in [0.1, 0.15) is 38.3 Å². The summed E-state index contributed by atoms with van der Waals surface area (Å²) in [6, 6.07) is 26.3. The van der Waals surface area contributed by atoms with Crippen LogP contribution in [0.2, 0.25) is 0 Å². The van der Waals surface area contributed by atoms with Crippen LogP contribution in [0, 0.1) is 12.7 Å². The summed E-state index contributed by atoms with van der Waals surface area (Å²) in [6.45, 7) is 2.11. The topological polar surface area (TPSA) is 89.5 Å². The van der Waals surface area contributed by atoms with Crippen LogP contribution in [0.5, 0.6) is 0 Å². The zero-order valence-corrected chi connectivity index (χ0v) is 24.6. The molecule has 0 aliphatic heterocycles. The molecule has 2 amide bonds. The van der Waals surface area contributed by atoms with Crippen molar-refractivity contribution >= 4 is 35.2 Å². The Labute approximate surface area is 261 Å². The van der Waals surface area contributed by atoms with Crippen LogP contribution >= 0.6 is 11.8 Å². The number of aryl methyl sites for hydroxylation is 1. The number of rotatable bonds is 11. The van der Waals surface area contributed by atoms with Crippen LogP contribution in [0.15, 0.2) is 97.1 Å². The minimum atomic E-state index is -1.33. The van der Waals surface area contributed by atoms with E-state index in [2.05, 4.69) is 5.32 Å². The monoisotopic (exact) mass is 576 g/mol. The number of nitrogens with one attached hydrogen (secondary N) is 1. The van der Waals surface area contributed by atoms with Crippen LogP contribution in [0.4, 0.5) is 10.1 Å². The van der Waals surface area contributed by atoms with Gasteiger partial charge in [-0.15, -0.1) is 0 Å². The molecule has 0 spiro atoms. The fraction of sp³-hybridized carbons (Fsp3) is 0.182. The van der Waals surface area contributed by atoms with E-state index < -0.39 is 23.7 Å². The van der Waals surface area contributed by atoms with Gasteiger partial charge in [-0.25, -0.2) is 4.39 Å². The summed E-state index contributed by atoms with van der Waals surface area (Å²) in [6.07, 6.45) is 2.10. The van der Waals surface area contributed by atoms with E-state index in [0.717, 1.165) is 16.7 Å². The molecule has 0 aromatic heterocycles. The Kier molecular flexibility index (Phi) is 12.0. The first-order valence-electron chi connectivity index (χ1n) is 13.1. The Hall–Kier alpha value is -3.83. The van der Waals surface area contributed by atoms with Gasteiger partial charge in [0, 0.05) is 16.8 Å². The summed E-state index contributed by atoms with van der Waals surface area (Å²) in [5.41, 5.74) is 4.41. The number of benzene rings is 4. The smallest absolute Gasteiger partial charge is 0.548 e. The van der Waals surface area contributed by atoms with E-state index >= 15 is 0 Å². The number of aliphatic carboxylic acids is 1. The predicted molar refractivity (Wildman–Crippen MR) is 159 cm³/mol. The number of carboxylic acid groups (broad SMARTS) is 1. The van der Waals surface area contributed by atoms with E-state index in [0.29, 0.717) is 28.1 Å². The number of carboxylic acids is 1. The average molecular weight is 577 g/mol. The first-order valence-corrected chi connectivity index (χ1v) is 14.5. The van der Waals surface area contributed by atoms with Crippen molar-refractivity contribution in [1.82, 2.24) is 5.32 Å². The maximum Gasteiger partial charge on any atom is 1.00 e. The van der Waals surface area contributed by atoms with Crippen molar-refractivity contribution in [1.29, 1.82) is 0 Å². The second-order valence-corrected chi connectivity index (χ2v) is 10.5. The minimum absolute atomic E-state index is 0. The van der Waals surface area contributed by atoms with E-state index in [1.807, 2.05) is 73.8 Å². The van der Waals surface area contributed by atoms with Gasteiger partial charge in [0.2, 0.25) is 0 Å². The van der Waals surface area contributed by atoms with Gasteiger partial charge in [-0.3, -0.25) is 9.59 Å². The molecule has 0 saturated carbocycles. The molecule has 0 fully saturated rings. The normalized spacial score (nSPS) is 11.2. The van der Waals surface area contributed by atoms with Crippen molar-refractivity contribution in [2.24, 2.45) is 0 Å². The number of hydrogen-bond donors (Lipinski definition) is 1. The second kappa shape index (κ2) is 15.4. The van der Waals surface area contributed by atoms with E-state index in [1.165, 1.54) is 36.0 Å². The van der Waals surface area contributed by atoms with E-state index in [9.17, 15) is 23.9 Å². The molecule has 210 valence electrons. The van der Waals surface area contributed by atoms with Gasteiger partial charge < -0.3 is 20.1 Å². The van der Waals surface area contributed by atoms with Gasteiger partial charge in [0.1, 0.15) is 5.82 Å². The van der Waals surface area contributed by atoms with Crippen LogP contribution in [0.25, 0.3) is 11.1 Å². The minimum Gasteiger partial charge on any atom is -0.548 e. The van der Waals surface area contributed by atoms with Crippen molar-refractivity contribution in [3.63, 3.8) is 0 Å². The molecule has 1 unspecified atom stereocenters. The Morgan fingerprint density at radius 2 is 1.57 bits per heavy atom. The third kappa shape index (κ3) is 8.13. The Morgan fingerprint density at radius 1 is 0.905 bits per heavy atom. The average Bonchev–Trinajstić information content (AvgIpc) is 2.98. The van der Waals surface area contributed by atoms with Crippen LogP contribution in [0.3, 0.4) is 0 Å². The first-order chi connectivity index (χ1) is 19.8. The van der Waals surface area contributed by atoms with Gasteiger partial charge in [0.15, 0.2) is 0 Å². The molecule has 0 aliphatic rings. The Bertz CT molecular complexity index is 1530. The molecule has 0 radical (unpaired) electrons. The summed E-state index contributed by atoms with van der Waals surface area (Å²) in [4.78, 5) is 40.3. The molecular formula is C33H30FLiN2O4S. The van der Waals surface area contributed by atoms with E-state index in [1.54, 1.807) is 17.0 Å². The molecule has 0 aliphatic carbocycles. The van der Waals surface area contributed by atoms with E-state index in [-0.39, 0.29) is 37.7 Å². The summed E-state index contributed by atoms with van der Waals surface area (Å²) in [5.74, 6) is -2.04. The maximum atomic E-state index is 13.6. The van der Waals surface area contributed by atoms with Gasteiger partial charge >= 0.3 is 18.9 Å². The molecule has 0 saturated heterocycles. The molecule has 4 rings (SSSR count). The number of hydrogen-bond acceptors (Lipinski definition) is 5. The fourth-order valence-corrected chi connectivity index (χ4v) is 5.00. The number of carbonyl (C=O) groups excluding carboxylic acids is 3. The van der Waals surface area contributed by atoms with Crippen molar-refractivity contribution in [2.75, 3.05) is 16.9 Å². The molecule has 4 aromatic carbocycles. The molecule has 42 heavy (non-hydrogen) atoms. The summed E-state index contributed by atoms with van der Waals surface area (Å²) >= 11 is 1.49. The Morgan fingerprint density at radius 3 is 2.21 bits per heavy atom. The molecule has 9 heteroatoms. The third-order valence-electron chi connectivity index (χ3n) is 6.71. The SMILES string of the molecule is CSCCC(NC(=O)c1ccc(CN(C(=O)c2ccc(F)cc2)c2ccccc2)cc1-c1ccccc1C)C(=O)[O-].[Li+]. The largest absolute Gasteiger partial charge is 1.00 e. The number of nitrogens with zero attached hydrogens (tertiary/aromatic N) is 1. The summed E-state index contributed by atoms with van der Waals surface area (Å²) in [5, 5.41) is 14.3. The van der Waals surface area contributed by atoms with Gasteiger partial charge in [0.05, 0.1) is 18.6 Å². The molecule has 1 atom stereocenters. The fourth-order valence-electron chi connectivity index (χ4n) is 4.53. The zero-order chi connectivity index (χ0) is 29.4. The van der Waals surface area contributed by atoms with Crippen LogP contribution < -0.4 is 34.2 Å². The number of carbonyl (C=O) groups is 3. The maximum absolute atomic E-state index is 13.6. The molecule has 6 nitrogen and oxygen atoms in total. The van der Waals surface area contributed by atoms with Crippen LogP contribution in [-0.2, 0) is 11.3 Å². The molecule has 0 heterocycles. The van der Waals surface area contributed by atoms with Crippen molar-refractivity contribution in [2.45, 2.75) is 25.9 Å². The van der Waals surface area contributed by atoms with E-state index in [4.69, 9.17) is 0 Å². The number of halogens is 1. The summed E-state index contributed by atoms with van der Waals surface area (Å²) < 4.78 is 13.6. The van der Waals surface area contributed by atoms with Crippen LogP contribution in [-0.4, -0.2) is 35.8 Å². The quantitative estimate of drug-likeness (QED) is 0.277. The molecule has 1 N–H and O–H groups in total. The zero-order valence-electron chi connectivity index (χ0n) is 23.8. The van der Waals surface area contributed by atoms with Crippen molar-refractivity contribution < 1.29 is 42.7 Å². The molecular weight excluding hydrogens is 546 g/mol. The van der Waals surface area contributed by atoms with Gasteiger partial charge in [-0.2, -0.15) is 11.8 Å². The number of amides is 2. The standard InChI is InChI=1S/C33H31FN2O4S.Li/c1-22-8-6-7-11-27(22)29-20-23(12-17-28(29)31(37)35-30(33(39)40)18-19-41-2)21-36(26-9-4-3-5-10-26)32(38)24-13-15-25(34)16-14-24;/h3-17,20,30H,18-19,21H2,1-2H3,(H,35,37)(H,39,40);/q;+1/p-1.